The summed E-state index contributed by atoms with van der Waals surface area (Å²) in [5, 5.41) is 2.68. The van der Waals surface area contributed by atoms with Crippen LogP contribution < -0.4 is 15.9 Å². The van der Waals surface area contributed by atoms with Gasteiger partial charge in [0.05, 0.1) is 0 Å². The molecule has 1 atom stereocenters. The third-order valence-corrected chi connectivity index (χ3v) is 10.6. The van der Waals surface area contributed by atoms with E-state index in [-0.39, 0.29) is 0 Å². The molecule has 0 bridgehead atoms. The highest BCUT2D eigenvalue weighted by molar-refractivity contribution is 7.85. The molecule has 2 heteroatoms. The first-order chi connectivity index (χ1) is 16.8. The van der Waals surface area contributed by atoms with E-state index in [0.717, 1.165) is 27.9 Å². The number of hydrogen-bond acceptors (Lipinski definition) is 1. The fraction of sp³-hybridized carbons (Fsp3) is 0.0625. The molecule has 34 heavy (non-hydrogen) atoms. The summed E-state index contributed by atoms with van der Waals surface area (Å²) in [5.41, 5.74) is 9.13. The van der Waals surface area contributed by atoms with Crippen LogP contribution in [0, 0.1) is 5.92 Å². The van der Waals surface area contributed by atoms with Crippen molar-refractivity contribution in [1.29, 1.82) is 0 Å². The molecule has 0 amide bonds. The Bertz CT molecular complexity index is 1530. The van der Waals surface area contributed by atoms with Crippen LogP contribution in [0.2, 0.25) is 0 Å². The molecule has 0 heterocycles. The fourth-order valence-corrected chi connectivity index (χ4v) is 8.84. The van der Waals surface area contributed by atoms with Gasteiger partial charge in [0.25, 0.3) is 0 Å². The van der Waals surface area contributed by atoms with Gasteiger partial charge in [0.1, 0.15) is 0 Å². The highest BCUT2D eigenvalue weighted by atomic mass is 31.2. The molecular weight excluding hydrogens is 431 g/mol. The Labute approximate surface area is 200 Å². The van der Waals surface area contributed by atoms with E-state index in [9.17, 15) is 0 Å². The second-order valence-electron chi connectivity index (χ2n) is 9.18. The van der Waals surface area contributed by atoms with E-state index >= 15 is 4.57 Å². The van der Waals surface area contributed by atoms with Gasteiger partial charge in [-0.15, -0.1) is 0 Å². The third-order valence-electron chi connectivity index (χ3n) is 7.45. The average Bonchev–Trinajstić information content (AvgIpc) is 2.92. The summed E-state index contributed by atoms with van der Waals surface area (Å²) in [7, 11) is -3.07. The molecule has 0 saturated carbocycles. The minimum absolute atomic E-state index is 0.303. The largest absolute Gasteiger partial charge is 0.309 e. The fourth-order valence-electron chi connectivity index (χ4n) is 5.99. The molecular formula is C32H23OP. The standard InChI is InChI=1S/C32H23OP/c33-34(23-12-3-1-4-13-23,24-14-5-2-6-15-24)30-21-20-28-26-17-8-11-22-10-7-16-25(31(22)26)27-18-9-19-29(30)32(27)28/h1-17,19-21,31H,18H2. The van der Waals surface area contributed by atoms with E-state index in [1.807, 2.05) is 60.7 Å². The number of rotatable bonds is 3. The van der Waals surface area contributed by atoms with Gasteiger partial charge >= 0.3 is 0 Å². The van der Waals surface area contributed by atoms with Crippen molar-refractivity contribution in [2.45, 2.75) is 6.42 Å². The maximum Gasteiger partial charge on any atom is 0.171 e. The topological polar surface area (TPSA) is 17.1 Å². The molecule has 0 radical (unpaired) electrons. The molecule has 0 aromatic heterocycles. The molecule has 0 aliphatic heterocycles. The van der Waals surface area contributed by atoms with Gasteiger partial charge in [-0.25, -0.2) is 0 Å². The number of allylic oxidation sites excluding steroid dienone is 11. The normalized spacial score (nSPS) is 19.4. The molecule has 7 rings (SSSR count). The van der Waals surface area contributed by atoms with Crippen LogP contribution in [0.3, 0.4) is 0 Å². The van der Waals surface area contributed by atoms with Crippen LogP contribution in [0.25, 0.3) is 17.2 Å². The maximum atomic E-state index is 15.2. The molecule has 1 unspecified atom stereocenters. The molecule has 3 aromatic rings. The summed E-state index contributed by atoms with van der Waals surface area (Å²) in [6.45, 7) is 0. The zero-order chi connectivity index (χ0) is 22.7. The Morgan fingerprint density at radius 1 is 0.735 bits per heavy atom. The van der Waals surface area contributed by atoms with Gasteiger partial charge in [-0.05, 0) is 51.5 Å². The minimum atomic E-state index is -3.07. The van der Waals surface area contributed by atoms with Gasteiger partial charge in [-0.3, -0.25) is 0 Å². The monoisotopic (exact) mass is 454 g/mol. The Hall–Kier alpha value is -3.67. The van der Waals surface area contributed by atoms with Gasteiger partial charge in [0.15, 0.2) is 7.14 Å². The first-order valence-electron chi connectivity index (χ1n) is 11.8. The van der Waals surface area contributed by atoms with Gasteiger partial charge in [0.2, 0.25) is 0 Å². The van der Waals surface area contributed by atoms with E-state index in [2.05, 4.69) is 60.7 Å². The Morgan fingerprint density at radius 3 is 2.18 bits per heavy atom. The number of fused-ring (bicyclic) bond motifs is 1. The zero-order valence-corrected chi connectivity index (χ0v) is 19.6. The van der Waals surface area contributed by atoms with E-state index in [1.165, 1.54) is 33.4 Å². The summed E-state index contributed by atoms with van der Waals surface area (Å²) in [5.74, 6) is 0.303. The van der Waals surface area contributed by atoms with E-state index in [4.69, 9.17) is 0 Å². The van der Waals surface area contributed by atoms with Crippen LogP contribution in [-0.2, 0) is 4.57 Å². The quantitative estimate of drug-likeness (QED) is 0.409. The van der Waals surface area contributed by atoms with Crippen molar-refractivity contribution in [3.05, 3.63) is 143 Å². The third kappa shape index (κ3) is 2.65. The van der Waals surface area contributed by atoms with Crippen molar-refractivity contribution in [2.75, 3.05) is 0 Å². The number of hydrogen-bond donors (Lipinski definition) is 0. The van der Waals surface area contributed by atoms with Crippen LogP contribution in [-0.4, -0.2) is 0 Å². The molecule has 0 N–H and O–H groups in total. The van der Waals surface area contributed by atoms with Crippen molar-refractivity contribution in [3.8, 4) is 0 Å². The van der Waals surface area contributed by atoms with Crippen molar-refractivity contribution in [3.63, 3.8) is 0 Å². The predicted molar refractivity (Wildman–Crippen MR) is 144 cm³/mol. The molecule has 4 aliphatic rings. The van der Waals surface area contributed by atoms with Gasteiger partial charge in [-0.2, -0.15) is 0 Å². The van der Waals surface area contributed by atoms with Gasteiger partial charge in [-0.1, -0.05) is 115 Å². The molecule has 162 valence electrons. The summed E-state index contributed by atoms with van der Waals surface area (Å²) in [6, 6.07) is 24.3. The predicted octanol–water partition coefficient (Wildman–Crippen LogP) is 6.58. The van der Waals surface area contributed by atoms with Crippen molar-refractivity contribution >= 4 is 40.3 Å². The summed E-state index contributed by atoms with van der Waals surface area (Å²) >= 11 is 0. The van der Waals surface area contributed by atoms with Crippen LogP contribution in [0.15, 0.2) is 126 Å². The summed E-state index contributed by atoms with van der Waals surface area (Å²) < 4.78 is 15.2. The minimum Gasteiger partial charge on any atom is -0.309 e. The smallest absolute Gasteiger partial charge is 0.171 e. The van der Waals surface area contributed by atoms with Crippen molar-refractivity contribution < 1.29 is 4.57 Å². The van der Waals surface area contributed by atoms with Crippen LogP contribution in [0.5, 0.6) is 0 Å². The maximum absolute atomic E-state index is 15.2. The second-order valence-corrected chi connectivity index (χ2v) is 11.9. The highest BCUT2D eigenvalue weighted by Gasteiger charge is 2.39. The lowest BCUT2D eigenvalue weighted by Gasteiger charge is -2.38. The van der Waals surface area contributed by atoms with Crippen LogP contribution in [0.1, 0.15) is 23.1 Å². The second kappa shape index (κ2) is 7.42. The van der Waals surface area contributed by atoms with Gasteiger partial charge < -0.3 is 4.57 Å². The van der Waals surface area contributed by atoms with Crippen molar-refractivity contribution in [2.24, 2.45) is 5.92 Å². The lowest BCUT2D eigenvalue weighted by Crippen LogP contribution is -2.29. The van der Waals surface area contributed by atoms with E-state index in [0.29, 0.717) is 5.92 Å². The van der Waals surface area contributed by atoms with E-state index in [1.54, 1.807) is 0 Å². The lowest BCUT2D eigenvalue weighted by molar-refractivity contribution is 0.592. The van der Waals surface area contributed by atoms with E-state index < -0.39 is 7.14 Å². The molecule has 0 saturated heterocycles. The summed E-state index contributed by atoms with van der Waals surface area (Å²) in [6.07, 6.45) is 18.7. The Balaban J connectivity index is 1.56. The Morgan fingerprint density at radius 2 is 1.44 bits per heavy atom. The molecule has 0 fully saturated rings. The Kier molecular flexibility index (Phi) is 4.31. The summed E-state index contributed by atoms with van der Waals surface area (Å²) in [4.78, 5) is 0. The highest BCUT2D eigenvalue weighted by Crippen LogP contribution is 2.54. The van der Waals surface area contributed by atoms with Crippen LogP contribution in [0.4, 0.5) is 0 Å². The SMILES string of the molecule is O=P(c1ccccc1)(c1ccccc1)c1ccc2c3c1C=CCC3=C1C=CC=C3C=CC=C2C31. The first-order valence-corrected chi connectivity index (χ1v) is 13.5. The molecule has 4 aliphatic carbocycles. The number of benzene rings is 3. The molecule has 1 nitrogen and oxygen atoms in total. The first kappa shape index (κ1) is 19.8. The molecule has 3 aromatic carbocycles. The lowest BCUT2D eigenvalue weighted by atomic mass is 9.66. The van der Waals surface area contributed by atoms with Gasteiger partial charge in [0, 0.05) is 21.8 Å². The molecule has 0 spiro atoms. The van der Waals surface area contributed by atoms with Crippen LogP contribution >= 0.6 is 7.14 Å². The zero-order valence-electron chi connectivity index (χ0n) is 18.7. The average molecular weight is 455 g/mol. The van der Waals surface area contributed by atoms with Crippen molar-refractivity contribution in [1.82, 2.24) is 0 Å².